The first-order valence-corrected chi connectivity index (χ1v) is 8.26. The van der Waals surface area contributed by atoms with E-state index in [9.17, 15) is 4.79 Å². The van der Waals surface area contributed by atoms with Crippen molar-refractivity contribution in [2.75, 3.05) is 19.8 Å². The molecule has 0 radical (unpaired) electrons. The molecule has 22 heavy (non-hydrogen) atoms. The molecule has 4 heteroatoms. The number of amides is 1. The topological polar surface area (TPSA) is 47.6 Å². The fourth-order valence-corrected chi connectivity index (χ4v) is 1.88. The second kappa shape index (κ2) is 10.1. The summed E-state index contributed by atoms with van der Waals surface area (Å²) in [7, 11) is 0. The molecule has 0 fully saturated rings. The van der Waals surface area contributed by atoms with Crippen molar-refractivity contribution in [1.29, 1.82) is 0 Å². The smallest absolute Gasteiger partial charge is 0.251 e. The van der Waals surface area contributed by atoms with E-state index in [1.165, 1.54) is 0 Å². The summed E-state index contributed by atoms with van der Waals surface area (Å²) in [5, 5.41) is 2.94. The molecule has 4 nitrogen and oxygen atoms in total. The zero-order chi connectivity index (χ0) is 16.4. The van der Waals surface area contributed by atoms with Crippen molar-refractivity contribution < 1.29 is 14.3 Å². The maximum Gasteiger partial charge on any atom is 0.251 e. The molecule has 1 aromatic carbocycles. The van der Waals surface area contributed by atoms with Gasteiger partial charge in [0.15, 0.2) is 11.5 Å². The van der Waals surface area contributed by atoms with E-state index in [2.05, 4.69) is 33.0 Å². The first-order chi connectivity index (χ1) is 10.6. The second-order valence-electron chi connectivity index (χ2n) is 5.80. The zero-order valence-corrected chi connectivity index (χ0v) is 14.3. The highest BCUT2D eigenvalue weighted by Gasteiger charge is 2.11. The summed E-state index contributed by atoms with van der Waals surface area (Å²) in [6.45, 7) is 10.3. The van der Waals surface area contributed by atoms with E-state index in [0.717, 1.165) is 19.3 Å². The molecule has 0 unspecified atom stereocenters. The van der Waals surface area contributed by atoms with Gasteiger partial charge in [0.2, 0.25) is 0 Å². The molecule has 1 rings (SSSR count). The van der Waals surface area contributed by atoms with E-state index in [-0.39, 0.29) is 5.91 Å². The average Bonchev–Trinajstić information content (AvgIpc) is 2.50. The predicted octanol–water partition coefficient (Wildman–Crippen LogP) is 4.04. The molecule has 0 bridgehead atoms. The maximum atomic E-state index is 12.2. The molecule has 1 aromatic rings. The van der Waals surface area contributed by atoms with Gasteiger partial charge in [-0.2, -0.15) is 0 Å². The summed E-state index contributed by atoms with van der Waals surface area (Å²) >= 11 is 0. The van der Waals surface area contributed by atoms with Gasteiger partial charge >= 0.3 is 0 Å². The first-order valence-electron chi connectivity index (χ1n) is 8.26. The van der Waals surface area contributed by atoms with Crippen molar-refractivity contribution in [3.05, 3.63) is 23.8 Å². The standard InChI is InChI=1S/C18H29NO3/c1-5-11-21-16-8-7-15(13-17(16)22-12-6-2)18(20)19-10-9-14(3)4/h7-8,13-14H,5-6,9-12H2,1-4H3,(H,19,20). The molecule has 0 aromatic heterocycles. The molecule has 0 spiro atoms. The van der Waals surface area contributed by atoms with Crippen molar-refractivity contribution >= 4 is 5.91 Å². The molecule has 0 aliphatic heterocycles. The lowest BCUT2D eigenvalue weighted by Crippen LogP contribution is -2.25. The lowest BCUT2D eigenvalue weighted by atomic mass is 10.1. The van der Waals surface area contributed by atoms with Crippen molar-refractivity contribution in [3.8, 4) is 11.5 Å². The van der Waals surface area contributed by atoms with Crippen molar-refractivity contribution in [1.82, 2.24) is 5.32 Å². The second-order valence-corrected chi connectivity index (χ2v) is 5.80. The molecule has 124 valence electrons. The minimum atomic E-state index is -0.0657. The van der Waals surface area contributed by atoms with Gasteiger partial charge in [-0.25, -0.2) is 0 Å². The highest BCUT2D eigenvalue weighted by Crippen LogP contribution is 2.28. The summed E-state index contributed by atoms with van der Waals surface area (Å²) in [5.41, 5.74) is 0.610. The van der Waals surface area contributed by atoms with Crippen LogP contribution in [0.2, 0.25) is 0 Å². The Kier molecular flexibility index (Phi) is 8.41. The largest absolute Gasteiger partial charge is 0.490 e. The lowest BCUT2D eigenvalue weighted by Gasteiger charge is -2.14. The average molecular weight is 307 g/mol. The zero-order valence-electron chi connectivity index (χ0n) is 14.3. The quantitative estimate of drug-likeness (QED) is 0.709. The van der Waals surface area contributed by atoms with Gasteiger partial charge < -0.3 is 14.8 Å². The maximum absolute atomic E-state index is 12.2. The molecule has 0 aliphatic carbocycles. The monoisotopic (exact) mass is 307 g/mol. The molecule has 0 saturated heterocycles. The molecular formula is C18H29NO3. The van der Waals surface area contributed by atoms with Crippen molar-refractivity contribution in [2.45, 2.75) is 47.0 Å². The molecule has 1 amide bonds. The third-order valence-electron chi connectivity index (χ3n) is 3.14. The number of nitrogens with one attached hydrogen (secondary N) is 1. The van der Waals surface area contributed by atoms with Gasteiger partial charge in [0.1, 0.15) is 0 Å². The lowest BCUT2D eigenvalue weighted by molar-refractivity contribution is 0.0951. The number of hydrogen-bond acceptors (Lipinski definition) is 3. The highest BCUT2D eigenvalue weighted by molar-refractivity contribution is 5.94. The van der Waals surface area contributed by atoms with Gasteiger partial charge in [0, 0.05) is 12.1 Å². The van der Waals surface area contributed by atoms with Crippen LogP contribution >= 0.6 is 0 Å². The molecule has 1 N–H and O–H groups in total. The predicted molar refractivity (Wildman–Crippen MR) is 89.8 cm³/mol. The van der Waals surface area contributed by atoms with Crippen LogP contribution in [0.3, 0.4) is 0 Å². The Labute approximate surface area is 134 Å². The summed E-state index contributed by atoms with van der Waals surface area (Å²) in [5.74, 6) is 1.86. The van der Waals surface area contributed by atoms with Crippen molar-refractivity contribution in [3.63, 3.8) is 0 Å². The van der Waals surface area contributed by atoms with Crippen LogP contribution in [0.4, 0.5) is 0 Å². The van der Waals surface area contributed by atoms with E-state index >= 15 is 0 Å². The number of hydrogen-bond donors (Lipinski definition) is 1. The first kappa shape index (κ1) is 18.3. The Hall–Kier alpha value is -1.71. The van der Waals surface area contributed by atoms with Gasteiger partial charge in [-0.1, -0.05) is 27.7 Å². The van der Waals surface area contributed by atoms with Crippen LogP contribution in [0.5, 0.6) is 11.5 Å². The Morgan fingerprint density at radius 1 is 1.09 bits per heavy atom. The highest BCUT2D eigenvalue weighted by atomic mass is 16.5. The molecule has 0 heterocycles. The van der Waals surface area contributed by atoms with Crippen LogP contribution in [-0.4, -0.2) is 25.7 Å². The van der Waals surface area contributed by atoms with Crippen LogP contribution in [-0.2, 0) is 0 Å². The van der Waals surface area contributed by atoms with E-state index in [4.69, 9.17) is 9.47 Å². The van der Waals surface area contributed by atoms with Crippen LogP contribution in [0.25, 0.3) is 0 Å². The molecule has 0 atom stereocenters. The Bertz CT molecular complexity index is 458. The summed E-state index contributed by atoms with van der Waals surface area (Å²) in [4.78, 5) is 12.2. The van der Waals surface area contributed by atoms with E-state index in [1.807, 2.05) is 6.07 Å². The number of rotatable bonds is 10. The molecule has 0 saturated carbocycles. The van der Waals surface area contributed by atoms with Crippen LogP contribution in [0, 0.1) is 5.92 Å². The van der Waals surface area contributed by atoms with Crippen molar-refractivity contribution in [2.24, 2.45) is 5.92 Å². The SMILES string of the molecule is CCCOc1ccc(C(=O)NCCC(C)C)cc1OCCC. The molecular weight excluding hydrogens is 278 g/mol. The Balaban J connectivity index is 2.76. The summed E-state index contributed by atoms with van der Waals surface area (Å²) in [6, 6.07) is 5.37. The Morgan fingerprint density at radius 3 is 2.32 bits per heavy atom. The van der Waals surface area contributed by atoms with Gasteiger partial charge in [-0.3, -0.25) is 4.79 Å². The number of carbonyl (C=O) groups is 1. The number of benzene rings is 1. The fourth-order valence-electron chi connectivity index (χ4n) is 1.88. The molecule has 0 aliphatic rings. The fraction of sp³-hybridized carbons (Fsp3) is 0.611. The third-order valence-corrected chi connectivity index (χ3v) is 3.14. The summed E-state index contributed by atoms with van der Waals surface area (Å²) < 4.78 is 11.4. The van der Waals surface area contributed by atoms with Crippen LogP contribution in [0.15, 0.2) is 18.2 Å². The minimum Gasteiger partial charge on any atom is -0.490 e. The van der Waals surface area contributed by atoms with Gasteiger partial charge in [-0.15, -0.1) is 0 Å². The number of ether oxygens (including phenoxy) is 2. The Morgan fingerprint density at radius 2 is 1.73 bits per heavy atom. The normalized spacial score (nSPS) is 10.6. The van der Waals surface area contributed by atoms with Gasteiger partial charge in [-0.05, 0) is 43.4 Å². The van der Waals surface area contributed by atoms with Gasteiger partial charge in [0.25, 0.3) is 5.91 Å². The van der Waals surface area contributed by atoms with Crippen LogP contribution in [0.1, 0.15) is 57.3 Å². The third kappa shape index (κ3) is 6.37. The van der Waals surface area contributed by atoms with E-state index in [1.54, 1.807) is 12.1 Å². The van der Waals surface area contributed by atoms with E-state index < -0.39 is 0 Å². The van der Waals surface area contributed by atoms with Crippen LogP contribution < -0.4 is 14.8 Å². The summed E-state index contributed by atoms with van der Waals surface area (Å²) in [6.07, 6.45) is 2.82. The van der Waals surface area contributed by atoms with E-state index in [0.29, 0.717) is 42.7 Å². The van der Waals surface area contributed by atoms with Gasteiger partial charge in [0.05, 0.1) is 13.2 Å². The minimum absolute atomic E-state index is 0.0657. The number of carbonyl (C=O) groups excluding carboxylic acids is 1.